The molecule has 9 nitrogen and oxygen atoms in total. The predicted octanol–water partition coefficient (Wildman–Crippen LogP) is -0.832. The summed E-state index contributed by atoms with van der Waals surface area (Å²) in [5.74, 6) is 0.143. The number of carbonyl (C=O) groups excluding carboxylic acids is 1. The van der Waals surface area contributed by atoms with Crippen LogP contribution in [-0.4, -0.2) is 27.1 Å². The van der Waals surface area contributed by atoms with E-state index >= 15 is 0 Å². The molecule has 0 fully saturated rings. The number of aromatic amines is 2. The van der Waals surface area contributed by atoms with Crippen molar-refractivity contribution < 1.29 is 9.21 Å². The largest absolute Gasteiger partial charge is 0.467 e. The molecule has 2 aromatic rings. The lowest BCUT2D eigenvalue weighted by Crippen LogP contribution is -2.39. The molecule has 1 amide bonds. The van der Waals surface area contributed by atoms with Crippen molar-refractivity contribution in [2.24, 2.45) is 0 Å². The number of nitrogens with one attached hydrogen (secondary N) is 4. The molecule has 0 radical (unpaired) electrons. The topological polar surface area (TPSA) is 133 Å². The van der Waals surface area contributed by atoms with E-state index in [9.17, 15) is 14.4 Å². The molecule has 1 unspecified atom stereocenters. The lowest BCUT2D eigenvalue weighted by Gasteiger charge is -2.12. The van der Waals surface area contributed by atoms with E-state index in [0.717, 1.165) is 0 Å². The summed E-state index contributed by atoms with van der Waals surface area (Å²) in [6.07, 6.45) is 1.51. The molecule has 0 aromatic carbocycles. The molecule has 0 spiro atoms. The van der Waals surface area contributed by atoms with Gasteiger partial charge in [0.1, 0.15) is 11.8 Å². The van der Waals surface area contributed by atoms with Gasteiger partial charge in [-0.25, -0.2) is 9.89 Å². The van der Waals surface area contributed by atoms with Crippen LogP contribution in [0.3, 0.4) is 0 Å². The van der Waals surface area contributed by atoms with Gasteiger partial charge in [0, 0.05) is 0 Å². The zero-order valence-corrected chi connectivity index (χ0v) is 10.6. The second kappa shape index (κ2) is 5.87. The molecule has 20 heavy (non-hydrogen) atoms. The first-order valence-corrected chi connectivity index (χ1v) is 5.82. The maximum atomic E-state index is 11.8. The average Bonchev–Trinajstić information content (AvgIpc) is 2.92. The van der Waals surface area contributed by atoms with E-state index in [-0.39, 0.29) is 18.3 Å². The summed E-state index contributed by atoms with van der Waals surface area (Å²) >= 11 is 0. The Morgan fingerprint density at radius 3 is 2.95 bits per heavy atom. The van der Waals surface area contributed by atoms with Gasteiger partial charge < -0.3 is 15.1 Å². The maximum Gasteiger partial charge on any atom is 0.342 e. The van der Waals surface area contributed by atoms with Crippen molar-refractivity contribution >= 4 is 11.7 Å². The monoisotopic (exact) mass is 279 g/mol. The number of nitrogens with zero attached hydrogens (tertiary/aromatic N) is 1. The molecule has 0 aliphatic rings. The molecule has 0 aliphatic heterocycles. The number of H-pyrrole nitrogens is 2. The first-order chi connectivity index (χ1) is 9.56. The molecule has 0 saturated heterocycles. The molecule has 1 atom stereocenters. The Morgan fingerprint density at radius 1 is 1.50 bits per heavy atom. The molecule has 4 N–H and O–H groups in total. The minimum absolute atomic E-state index is 0.134. The van der Waals surface area contributed by atoms with Gasteiger partial charge in [-0.15, -0.1) is 5.10 Å². The zero-order chi connectivity index (χ0) is 14.5. The fourth-order valence-electron chi connectivity index (χ4n) is 1.46. The highest BCUT2D eigenvalue weighted by atomic mass is 16.3. The van der Waals surface area contributed by atoms with Crippen molar-refractivity contribution in [3.05, 3.63) is 45.0 Å². The summed E-state index contributed by atoms with van der Waals surface area (Å²) in [5, 5.41) is 10.8. The molecular weight excluding hydrogens is 266 g/mol. The molecule has 0 bridgehead atoms. The van der Waals surface area contributed by atoms with E-state index in [1.54, 1.807) is 19.1 Å². The Morgan fingerprint density at radius 2 is 2.30 bits per heavy atom. The summed E-state index contributed by atoms with van der Waals surface area (Å²) in [4.78, 5) is 36.0. The normalized spacial score (nSPS) is 11.8. The van der Waals surface area contributed by atoms with Crippen LogP contribution in [0.5, 0.6) is 0 Å². The van der Waals surface area contributed by atoms with Gasteiger partial charge in [-0.05, 0) is 19.1 Å². The Balaban J connectivity index is 1.93. The van der Waals surface area contributed by atoms with Crippen molar-refractivity contribution in [3.63, 3.8) is 0 Å². The van der Waals surface area contributed by atoms with Crippen molar-refractivity contribution in [1.82, 2.24) is 20.5 Å². The number of rotatable bonds is 5. The summed E-state index contributed by atoms with van der Waals surface area (Å²) in [6, 6.07) is 2.74. The van der Waals surface area contributed by atoms with Crippen LogP contribution in [0.2, 0.25) is 0 Å². The molecular formula is C11H13N5O4. The van der Waals surface area contributed by atoms with Crippen LogP contribution >= 0.6 is 0 Å². The third-order valence-electron chi connectivity index (χ3n) is 2.47. The highest BCUT2D eigenvalue weighted by Crippen LogP contribution is 1.99. The van der Waals surface area contributed by atoms with E-state index < -0.39 is 17.3 Å². The number of carbonyl (C=O) groups is 1. The Kier molecular flexibility index (Phi) is 3.99. The second-order valence-corrected chi connectivity index (χ2v) is 4.02. The molecule has 2 aromatic heterocycles. The molecule has 2 heterocycles. The van der Waals surface area contributed by atoms with E-state index in [1.807, 2.05) is 4.98 Å². The molecule has 0 saturated carbocycles. The summed E-state index contributed by atoms with van der Waals surface area (Å²) in [6.45, 7) is 1.80. The highest BCUT2D eigenvalue weighted by Gasteiger charge is 2.15. The van der Waals surface area contributed by atoms with Gasteiger partial charge in [0.15, 0.2) is 0 Å². The average molecular weight is 279 g/mol. The van der Waals surface area contributed by atoms with Crippen LogP contribution in [0.25, 0.3) is 0 Å². The van der Waals surface area contributed by atoms with E-state index in [2.05, 4.69) is 20.8 Å². The first kappa shape index (κ1) is 13.6. The molecule has 106 valence electrons. The van der Waals surface area contributed by atoms with Crippen LogP contribution in [-0.2, 0) is 11.3 Å². The lowest BCUT2D eigenvalue weighted by atomic mass is 10.3. The third-order valence-corrected chi connectivity index (χ3v) is 2.47. The van der Waals surface area contributed by atoms with Crippen molar-refractivity contribution in [2.45, 2.75) is 19.5 Å². The van der Waals surface area contributed by atoms with E-state index in [1.165, 1.54) is 6.26 Å². The predicted molar refractivity (Wildman–Crippen MR) is 69.1 cm³/mol. The number of furan rings is 1. The van der Waals surface area contributed by atoms with Crippen molar-refractivity contribution in [2.75, 3.05) is 5.32 Å². The zero-order valence-electron chi connectivity index (χ0n) is 10.6. The van der Waals surface area contributed by atoms with Crippen LogP contribution in [0, 0.1) is 0 Å². The minimum Gasteiger partial charge on any atom is -0.467 e. The maximum absolute atomic E-state index is 11.8. The van der Waals surface area contributed by atoms with Crippen LogP contribution in [0.15, 0.2) is 32.4 Å². The SMILES string of the molecule is CC(Nc1n[nH]c(=O)[nH]c1=O)C(=O)NCc1ccco1. The molecule has 0 aliphatic carbocycles. The van der Waals surface area contributed by atoms with Crippen molar-refractivity contribution in [1.29, 1.82) is 0 Å². The molecule has 2 rings (SSSR count). The van der Waals surface area contributed by atoms with Gasteiger partial charge in [-0.2, -0.15) is 0 Å². The van der Waals surface area contributed by atoms with Gasteiger partial charge in [0.05, 0.1) is 12.8 Å². The summed E-state index contributed by atoms with van der Waals surface area (Å²) in [5.41, 5.74) is -1.41. The van der Waals surface area contributed by atoms with E-state index in [4.69, 9.17) is 4.42 Å². The third kappa shape index (κ3) is 3.34. The van der Waals surface area contributed by atoms with Crippen LogP contribution in [0.1, 0.15) is 12.7 Å². The van der Waals surface area contributed by atoms with Gasteiger partial charge in [0.2, 0.25) is 11.7 Å². The number of amides is 1. The second-order valence-electron chi connectivity index (χ2n) is 4.02. The van der Waals surface area contributed by atoms with Crippen molar-refractivity contribution in [3.8, 4) is 0 Å². The molecule has 9 heteroatoms. The summed E-state index contributed by atoms with van der Waals surface area (Å²) < 4.78 is 5.07. The van der Waals surface area contributed by atoms with Crippen LogP contribution in [0.4, 0.5) is 5.82 Å². The smallest absolute Gasteiger partial charge is 0.342 e. The van der Waals surface area contributed by atoms with Crippen LogP contribution < -0.4 is 21.9 Å². The highest BCUT2D eigenvalue weighted by molar-refractivity contribution is 5.83. The number of anilines is 1. The van der Waals surface area contributed by atoms with Gasteiger partial charge in [-0.1, -0.05) is 0 Å². The fraction of sp³-hybridized carbons (Fsp3) is 0.273. The standard InChI is InChI=1S/C11H13N5O4/c1-6(9(17)12-5-7-3-2-4-20-7)13-8-10(18)14-11(19)16-15-8/h2-4,6H,5H2,1H3,(H,12,17)(H,13,15)(H2,14,16,18,19). The number of hydrogen-bond acceptors (Lipinski definition) is 6. The van der Waals surface area contributed by atoms with Gasteiger partial charge in [-0.3, -0.25) is 14.6 Å². The minimum atomic E-state index is -0.713. The Bertz CT molecular complexity index is 687. The number of hydrogen-bond donors (Lipinski definition) is 4. The summed E-state index contributed by atoms with van der Waals surface area (Å²) in [7, 11) is 0. The Labute approximate surface area is 112 Å². The first-order valence-electron chi connectivity index (χ1n) is 5.82. The van der Waals surface area contributed by atoms with Gasteiger partial charge >= 0.3 is 5.69 Å². The Hall–Kier alpha value is -2.84. The van der Waals surface area contributed by atoms with Gasteiger partial charge in [0.25, 0.3) is 5.56 Å². The fourth-order valence-corrected chi connectivity index (χ4v) is 1.46. The lowest BCUT2D eigenvalue weighted by molar-refractivity contribution is -0.121. The van der Waals surface area contributed by atoms with E-state index in [0.29, 0.717) is 5.76 Å². The quantitative estimate of drug-likeness (QED) is 0.564. The number of aromatic nitrogens is 3.